The van der Waals surface area contributed by atoms with Crippen LogP contribution in [-0.2, 0) is 25.7 Å². The van der Waals surface area contributed by atoms with Gasteiger partial charge in [0, 0.05) is 25.2 Å². The highest BCUT2D eigenvalue weighted by Crippen LogP contribution is 2.30. The van der Waals surface area contributed by atoms with Crippen molar-refractivity contribution in [2.75, 3.05) is 6.54 Å². The van der Waals surface area contributed by atoms with Crippen LogP contribution in [0.25, 0.3) is 0 Å². The number of alkyl halides is 3. The summed E-state index contributed by atoms with van der Waals surface area (Å²) in [6, 6.07) is 5.35. The third-order valence-corrected chi connectivity index (χ3v) is 3.69. The van der Waals surface area contributed by atoms with E-state index in [0.29, 0.717) is 31.6 Å². The first-order valence-electron chi connectivity index (χ1n) is 6.60. The quantitative estimate of drug-likeness (QED) is 0.893. The summed E-state index contributed by atoms with van der Waals surface area (Å²) < 4.78 is 38.1. The fourth-order valence-corrected chi connectivity index (χ4v) is 2.63. The summed E-state index contributed by atoms with van der Waals surface area (Å²) in [4.78, 5) is 13.5. The van der Waals surface area contributed by atoms with Crippen LogP contribution < -0.4 is 5.56 Å². The molecule has 3 rings (SSSR count). The number of hydrogen-bond acceptors (Lipinski definition) is 2. The van der Waals surface area contributed by atoms with Gasteiger partial charge < -0.3 is 5.10 Å². The Kier molecular flexibility index (Phi) is 3.36. The SMILES string of the molecule is O=c1[nH][nH]c2c1CCN(Cc1cccc(C(F)(F)F)c1)C2. The van der Waals surface area contributed by atoms with Crippen LogP contribution in [-0.4, -0.2) is 21.6 Å². The molecule has 1 aromatic heterocycles. The van der Waals surface area contributed by atoms with Crippen LogP contribution in [0.4, 0.5) is 13.2 Å². The van der Waals surface area contributed by atoms with Crippen LogP contribution >= 0.6 is 0 Å². The van der Waals surface area contributed by atoms with Gasteiger partial charge in [-0.3, -0.25) is 14.8 Å². The average Bonchev–Trinajstić information content (AvgIpc) is 2.79. The average molecular weight is 297 g/mol. The molecule has 0 amide bonds. The zero-order valence-corrected chi connectivity index (χ0v) is 11.1. The minimum atomic E-state index is -4.32. The molecule has 112 valence electrons. The van der Waals surface area contributed by atoms with E-state index in [1.54, 1.807) is 6.07 Å². The smallest absolute Gasteiger partial charge is 0.301 e. The van der Waals surface area contributed by atoms with Gasteiger partial charge in [0.2, 0.25) is 0 Å². The van der Waals surface area contributed by atoms with Gasteiger partial charge in [-0.05, 0) is 18.1 Å². The predicted octanol–water partition coefficient (Wildman–Crippen LogP) is 2.28. The van der Waals surface area contributed by atoms with Gasteiger partial charge in [-0.1, -0.05) is 18.2 Å². The summed E-state index contributed by atoms with van der Waals surface area (Å²) in [5, 5.41) is 5.35. The molecule has 0 radical (unpaired) electrons. The Morgan fingerprint density at radius 3 is 2.81 bits per heavy atom. The maximum Gasteiger partial charge on any atom is 0.416 e. The monoisotopic (exact) mass is 297 g/mol. The molecular weight excluding hydrogens is 283 g/mol. The van der Waals surface area contributed by atoms with Crippen molar-refractivity contribution in [1.29, 1.82) is 0 Å². The van der Waals surface area contributed by atoms with Crippen molar-refractivity contribution < 1.29 is 13.2 Å². The number of hydrogen-bond donors (Lipinski definition) is 2. The second-order valence-corrected chi connectivity index (χ2v) is 5.20. The van der Waals surface area contributed by atoms with Crippen LogP contribution in [0.2, 0.25) is 0 Å². The van der Waals surface area contributed by atoms with Crippen LogP contribution in [0.1, 0.15) is 22.4 Å². The molecule has 21 heavy (non-hydrogen) atoms. The maximum atomic E-state index is 12.7. The van der Waals surface area contributed by atoms with Gasteiger partial charge in [0.05, 0.1) is 11.3 Å². The molecule has 0 unspecified atom stereocenters. The van der Waals surface area contributed by atoms with Crippen LogP contribution in [0, 0.1) is 0 Å². The van der Waals surface area contributed by atoms with Crippen molar-refractivity contribution in [2.24, 2.45) is 0 Å². The second kappa shape index (κ2) is 5.07. The van der Waals surface area contributed by atoms with Crippen molar-refractivity contribution in [3.63, 3.8) is 0 Å². The lowest BCUT2D eigenvalue weighted by Gasteiger charge is -2.26. The number of halogens is 3. The molecule has 1 aromatic carbocycles. The number of aromatic amines is 2. The molecule has 4 nitrogen and oxygen atoms in total. The van der Waals surface area contributed by atoms with E-state index in [-0.39, 0.29) is 5.56 Å². The molecule has 2 heterocycles. The fraction of sp³-hybridized carbons (Fsp3) is 0.357. The molecule has 1 aliphatic rings. The fourth-order valence-electron chi connectivity index (χ4n) is 2.63. The van der Waals surface area contributed by atoms with Crippen molar-refractivity contribution in [1.82, 2.24) is 15.1 Å². The summed E-state index contributed by atoms with van der Waals surface area (Å²) >= 11 is 0. The van der Waals surface area contributed by atoms with Crippen LogP contribution in [0.3, 0.4) is 0 Å². The molecule has 7 heteroatoms. The van der Waals surface area contributed by atoms with Crippen LogP contribution in [0.15, 0.2) is 29.1 Å². The first-order chi connectivity index (χ1) is 9.93. The molecule has 0 spiro atoms. The van der Waals surface area contributed by atoms with E-state index in [9.17, 15) is 18.0 Å². The number of nitrogens with one attached hydrogen (secondary N) is 2. The number of H-pyrrole nitrogens is 2. The van der Waals surface area contributed by atoms with Gasteiger partial charge >= 0.3 is 6.18 Å². The molecule has 0 atom stereocenters. The number of benzene rings is 1. The Balaban J connectivity index is 1.75. The maximum absolute atomic E-state index is 12.7. The van der Waals surface area contributed by atoms with Gasteiger partial charge in [-0.15, -0.1) is 0 Å². The Hall–Kier alpha value is -2.02. The van der Waals surface area contributed by atoms with Gasteiger partial charge in [0.1, 0.15) is 0 Å². The molecule has 0 saturated carbocycles. The Bertz CT molecular complexity index is 702. The lowest BCUT2D eigenvalue weighted by Crippen LogP contribution is -2.31. The number of rotatable bonds is 2. The molecule has 0 saturated heterocycles. The molecule has 1 aliphatic heterocycles. The Labute approximate surface area is 118 Å². The van der Waals surface area contributed by atoms with E-state index in [4.69, 9.17) is 0 Å². The zero-order valence-electron chi connectivity index (χ0n) is 11.1. The number of fused-ring (bicyclic) bond motifs is 1. The van der Waals surface area contributed by atoms with Gasteiger partial charge in [-0.2, -0.15) is 13.2 Å². The third-order valence-electron chi connectivity index (χ3n) is 3.69. The Morgan fingerprint density at radius 2 is 2.05 bits per heavy atom. The van der Waals surface area contributed by atoms with Crippen molar-refractivity contribution >= 4 is 0 Å². The molecule has 0 aliphatic carbocycles. The van der Waals surface area contributed by atoms with E-state index < -0.39 is 11.7 Å². The molecular formula is C14H14F3N3O. The predicted molar refractivity (Wildman–Crippen MR) is 70.7 cm³/mol. The van der Waals surface area contributed by atoms with E-state index in [0.717, 1.165) is 17.3 Å². The molecule has 2 N–H and O–H groups in total. The summed E-state index contributed by atoms with van der Waals surface area (Å²) in [5.74, 6) is 0. The lowest BCUT2D eigenvalue weighted by atomic mass is 10.1. The van der Waals surface area contributed by atoms with Gasteiger partial charge in [0.15, 0.2) is 0 Å². The number of aromatic nitrogens is 2. The first kappa shape index (κ1) is 13.9. The lowest BCUT2D eigenvalue weighted by molar-refractivity contribution is -0.137. The van der Waals surface area contributed by atoms with E-state index in [1.807, 2.05) is 4.90 Å². The van der Waals surface area contributed by atoms with Gasteiger partial charge in [0.25, 0.3) is 5.56 Å². The molecule has 0 bridgehead atoms. The number of nitrogens with zero attached hydrogens (tertiary/aromatic N) is 1. The summed E-state index contributed by atoms with van der Waals surface area (Å²) in [6.07, 6.45) is -3.72. The Morgan fingerprint density at radius 1 is 1.24 bits per heavy atom. The molecule has 2 aromatic rings. The van der Waals surface area contributed by atoms with Crippen molar-refractivity contribution in [3.05, 3.63) is 57.0 Å². The van der Waals surface area contributed by atoms with Crippen LogP contribution in [0.5, 0.6) is 0 Å². The van der Waals surface area contributed by atoms with E-state index in [1.165, 1.54) is 12.1 Å². The minimum Gasteiger partial charge on any atom is -0.301 e. The van der Waals surface area contributed by atoms with E-state index in [2.05, 4.69) is 10.2 Å². The van der Waals surface area contributed by atoms with Crippen molar-refractivity contribution in [2.45, 2.75) is 25.7 Å². The highest BCUT2D eigenvalue weighted by molar-refractivity contribution is 5.26. The zero-order chi connectivity index (χ0) is 15.0. The third kappa shape index (κ3) is 2.87. The molecule has 0 fully saturated rings. The normalized spacial score (nSPS) is 16.0. The first-order valence-corrected chi connectivity index (χ1v) is 6.60. The topological polar surface area (TPSA) is 51.9 Å². The highest BCUT2D eigenvalue weighted by atomic mass is 19.4. The standard InChI is InChI=1S/C14H14F3N3O/c15-14(16,17)10-3-1-2-9(6-10)7-20-5-4-11-12(8-20)18-19-13(11)21/h1-3,6H,4-5,7-8H2,(H2,18,19,21). The van der Waals surface area contributed by atoms with Gasteiger partial charge in [-0.25, -0.2) is 0 Å². The largest absolute Gasteiger partial charge is 0.416 e. The van der Waals surface area contributed by atoms with Crippen molar-refractivity contribution in [3.8, 4) is 0 Å². The van der Waals surface area contributed by atoms with E-state index >= 15 is 0 Å². The summed E-state index contributed by atoms with van der Waals surface area (Å²) in [6.45, 7) is 1.62. The minimum absolute atomic E-state index is 0.108. The highest BCUT2D eigenvalue weighted by Gasteiger charge is 2.30. The summed E-state index contributed by atoms with van der Waals surface area (Å²) in [7, 11) is 0. The second-order valence-electron chi connectivity index (χ2n) is 5.20. The summed E-state index contributed by atoms with van der Waals surface area (Å²) in [5.41, 5.74) is 1.44.